The molecule has 0 aromatic heterocycles. The van der Waals surface area contributed by atoms with E-state index < -0.39 is 86.3 Å². The van der Waals surface area contributed by atoms with Crippen molar-refractivity contribution >= 4 is 12.0 Å². The second-order valence-corrected chi connectivity index (χ2v) is 10.4. The zero-order chi connectivity index (χ0) is 32.8. The lowest BCUT2D eigenvalue weighted by Crippen LogP contribution is -2.65. The van der Waals surface area contributed by atoms with Gasteiger partial charge in [-0.2, -0.15) is 0 Å². The van der Waals surface area contributed by atoms with Gasteiger partial charge in [-0.05, 0) is 47.9 Å². The van der Waals surface area contributed by atoms with E-state index in [2.05, 4.69) is 0 Å². The minimum Gasteiger partial charge on any atom is -0.504 e. The number of aromatic hydroxyl groups is 4. The maximum atomic E-state index is 12.8. The number of hydrogen-bond donors (Lipinski definition) is 10. The Hall–Kier alpha value is -3.55. The minimum atomic E-state index is -1.88. The molecule has 0 spiro atoms. The van der Waals surface area contributed by atoms with Gasteiger partial charge in [-0.1, -0.05) is 12.1 Å². The highest BCUT2D eigenvalue weighted by atomic mass is 16.7. The Morgan fingerprint density at radius 2 is 1.38 bits per heavy atom. The van der Waals surface area contributed by atoms with Gasteiger partial charge < -0.3 is 74.7 Å². The van der Waals surface area contributed by atoms with Gasteiger partial charge in [0.15, 0.2) is 41.7 Å². The van der Waals surface area contributed by atoms with Gasteiger partial charge in [-0.15, -0.1) is 0 Å². The first-order chi connectivity index (χ1) is 21.4. The summed E-state index contributed by atoms with van der Waals surface area (Å²) in [6, 6.07) is 7.88. The average Bonchev–Trinajstić information content (AvgIpc) is 3.02. The smallest absolute Gasteiger partial charge is 0.331 e. The van der Waals surface area contributed by atoms with Crippen molar-refractivity contribution in [2.45, 2.75) is 67.8 Å². The summed E-state index contributed by atoms with van der Waals surface area (Å²) in [7, 11) is 0. The van der Waals surface area contributed by atoms with Crippen molar-refractivity contribution in [1.29, 1.82) is 0 Å². The lowest BCUT2D eigenvalue weighted by molar-refractivity contribution is -0.360. The molecule has 2 aliphatic heterocycles. The Bertz CT molecular complexity index is 1320. The first kappa shape index (κ1) is 34.3. The van der Waals surface area contributed by atoms with Crippen LogP contribution in [0.25, 0.3) is 6.08 Å². The molecule has 2 aromatic rings. The molecule has 10 atom stereocenters. The molecule has 45 heavy (non-hydrogen) atoms. The molecule has 0 unspecified atom stereocenters. The first-order valence-electron chi connectivity index (χ1n) is 13.9. The van der Waals surface area contributed by atoms with E-state index >= 15 is 0 Å². The van der Waals surface area contributed by atoms with Crippen LogP contribution >= 0.6 is 0 Å². The van der Waals surface area contributed by atoms with E-state index in [-0.39, 0.29) is 30.3 Å². The third kappa shape index (κ3) is 8.19. The number of ether oxygens (including phenoxy) is 5. The molecule has 0 radical (unpaired) electrons. The third-order valence-electron chi connectivity index (χ3n) is 7.31. The zero-order valence-electron chi connectivity index (χ0n) is 23.6. The molecule has 10 N–H and O–H groups in total. The van der Waals surface area contributed by atoms with Crippen LogP contribution in [0.1, 0.15) is 11.1 Å². The van der Waals surface area contributed by atoms with Crippen LogP contribution in [-0.4, -0.2) is 138 Å². The highest BCUT2D eigenvalue weighted by Gasteiger charge is 2.52. The molecule has 0 amide bonds. The summed E-state index contributed by atoms with van der Waals surface area (Å²) >= 11 is 0. The normalized spacial score (nSPS) is 32.0. The van der Waals surface area contributed by atoms with Crippen molar-refractivity contribution in [2.75, 3.05) is 19.8 Å². The summed E-state index contributed by atoms with van der Waals surface area (Å²) in [6.07, 6.45) is -14.0. The molecule has 16 heteroatoms. The number of esters is 1. The first-order valence-corrected chi connectivity index (χ1v) is 13.9. The van der Waals surface area contributed by atoms with Crippen LogP contribution in [0.5, 0.6) is 23.0 Å². The highest BCUT2D eigenvalue weighted by Crippen LogP contribution is 2.32. The number of carbonyl (C=O) groups is 1. The second-order valence-electron chi connectivity index (χ2n) is 10.4. The maximum absolute atomic E-state index is 12.8. The van der Waals surface area contributed by atoms with Gasteiger partial charge in [0.05, 0.1) is 19.8 Å². The van der Waals surface area contributed by atoms with Crippen LogP contribution in [-0.2, 0) is 34.9 Å². The fraction of sp³-hybridized carbons (Fsp3) is 0.483. The quantitative estimate of drug-likeness (QED) is 0.0720. The molecule has 2 heterocycles. The molecule has 248 valence electrons. The monoisotopic (exact) mass is 640 g/mol. The van der Waals surface area contributed by atoms with Crippen molar-refractivity contribution in [3.8, 4) is 23.0 Å². The molecule has 4 rings (SSSR count). The maximum Gasteiger partial charge on any atom is 0.331 e. The number of aliphatic hydroxyl groups excluding tert-OH is 6. The fourth-order valence-electron chi connectivity index (χ4n) is 4.81. The lowest BCUT2D eigenvalue weighted by atomic mass is 9.96. The molecular formula is C29H36O16. The molecule has 16 nitrogen and oxygen atoms in total. The predicted octanol–water partition coefficient (Wildman–Crippen LogP) is -2.04. The van der Waals surface area contributed by atoms with Crippen molar-refractivity contribution < 1.29 is 79.5 Å². The van der Waals surface area contributed by atoms with Crippen molar-refractivity contribution in [3.63, 3.8) is 0 Å². The van der Waals surface area contributed by atoms with E-state index in [1.165, 1.54) is 42.5 Å². The Balaban J connectivity index is 1.53. The number of carbonyl (C=O) groups excluding carboxylic acids is 1. The van der Waals surface area contributed by atoms with Gasteiger partial charge in [0.1, 0.15) is 42.7 Å². The third-order valence-corrected chi connectivity index (χ3v) is 7.31. The van der Waals surface area contributed by atoms with Gasteiger partial charge in [-0.25, -0.2) is 4.79 Å². The van der Waals surface area contributed by atoms with Gasteiger partial charge in [0, 0.05) is 6.08 Å². The number of rotatable bonds is 11. The summed E-state index contributed by atoms with van der Waals surface area (Å²) in [5.41, 5.74) is 0.870. The summed E-state index contributed by atoms with van der Waals surface area (Å²) in [5, 5.41) is 100. The molecule has 2 fully saturated rings. The van der Waals surface area contributed by atoms with E-state index in [1.54, 1.807) is 0 Å². The second kappa shape index (κ2) is 15.2. The summed E-state index contributed by atoms with van der Waals surface area (Å²) < 4.78 is 28.0. The Morgan fingerprint density at radius 1 is 0.733 bits per heavy atom. The van der Waals surface area contributed by atoms with E-state index in [9.17, 15) is 55.9 Å². The van der Waals surface area contributed by atoms with Crippen LogP contribution in [0.4, 0.5) is 0 Å². The van der Waals surface area contributed by atoms with Gasteiger partial charge in [-0.3, -0.25) is 0 Å². The SMILES string of the molecule is O=C(/C=C/c1ccc(O)c(O)c1)O[C@H]1[C@H](O[C@@H]2O[C@@H](CO)[C@@H](O)[C@H](O)[C@@H]2O)[C@@H](O)[C@H](OCCc2ccc(O)c(O)c2)O[C@H]1CO. The average molecular weight is 641 g/mol. The Labute approximate surface area is 256 Å². The number of phenolic OH excluding ortho intramolecular Hbond substituents is 4. The van der Waals surface area contributed by atoms with Gasteiger partial charge in [0.2, 0.25) is 0 Å². The summed E-state index contributed by atoms with van der Waals surface area (Å²) in [5.74, 6) is -2.50. The van der Waals surface area contributed by atoms with E-state index in [1.807, 2.05) is 0 Å². The molecular weight excluding hydrogens is 604 g/mol. The zero-order valence-corrected chi connectivity index (χ0v) is 23.6. The molecule has 0 bridgehead atoms. The molecule has 2 aromatic carbocycles. The summed E-state index contributed by atoms with van der Waals surface area (Å²) in [4.78, 5) is 12.8. The lowest BCUT2D eigenvalue weighted by Gasteiger charge is -2.46. The van der Waals surface area contributed by atoms with Gasteiger partial charge >= 0.3 is 5.97 Å². The van der Waals surface area contributed by atoms with E-state index in [4.69, 9.17) is 23.7 Å². The topological polar surface area (TPSA) is 266 Å². The molecule has 2 aliphatic rings. The van der Waals surface area contributed by atoms with Crippen LogP contribution in [0, 0.1) is 0 Å². The number of phenols is 4. The van der Waals surface area contributed by atoms with E-state index in [0.29, 0.717) is 11.1 Å². The Kier molecular flexibility index (Phi) is 11.6. The van der Waals surface area contributed by atoms with E-state index in [0.717, 1.165) is 6.08 Å². The fourth-order valence-corrected chi connectivity index (χ4v) is 4.81. The number of hydrogen-bond acceptors (Lipinski definition) is 16. The number of benzene rings is 2. The van der Waals surface area contributed by atoms with Crippen LogP contribution in [0.15, 0.2) is 42.5 Å². The minimum absolute atomic E-state index is 0.108. The highest BCUT2D eigenvalue weighted by molar-refractivity contribution is 5.87. The Morgan fingerprint density at radius 3 is 2.02 bits per heavy atom. The standard InChI is InChI=1S/C29H36O16/c30-11-19-22(37)23(38)24(39)29(42-19)45-27-25(40)28(41-8-7-14-2-5-16(33)18(35)10-14)43-20(12-31)26(27)44-21(36)6-3-13-1-4-15(32)17(34)9-13/h1-6,9-10,19-20,22-35,37-40H,7-8,11-12H2/b6-3+/t19-,20-,22+,23-,24-,25+,26+,27+,28+,29-/m0/s1. The van der Waals surface area contributed by atoms with Crippen LogP contribution in [0.3, 0.4) is 0 Å². The summed E-state index contributed by atoms with van der Waals surface area (Å²) in [6.45, 7) is -1.65. The van der Waals surface area contributed by atoms with Crippen molar-refractivity contribution in [1.82, 2.24) is 0 Å². The molecule has 2 saturated heterocycles. The molecule has 0 aliphatic carbocycles. The predicted molar refractivity (Wildman–Crippen MR) is 149 cm³/mol. The van der Waals surface area contributed by atoms with Crippen molar-refractivity contribution in [2.24, 2.45) is 0 Å². The van der Waals surface area contributed by atoms with Gasteiger partial charge in [0.25, 0.3) is 0 Å². The van der Waals surface area contributed by atoms with Crippen LogP contribution in [0.2, 0.25) is 0 Å². The number of aliphatic hydroxyl groups is 6. The van der Waals surface area contributed by atoms with Crippen molar-refractivity contribution in [3.05, 3.63) is 53.6 Å². The largest absolute Gasteiger partial charge is 0.504 e. The van der Waals surface area contributed by atoms with Crippen LogP contribution < -0.4 is 0 Å². The molecule has 0 saturated carbocycles.